The molecule has 1 aromatic carbocycles. The highest BCUT2D eigenvalue weighted by Gasteiger charge is 2.19. The van der Waals surface area contributed by atoms with Gasteiger partial charge < -0.3 is 15.7 Å². The normalized spacial score (nSPS) is 19.4. The summed E-state index contributed by atoms with van der Waals surface area (Å²) >= 11 is 0. The summed E-state index contributed by atoms with van der Waals surface area (Å²) in [6.45, 7) is 5.13. The van der Waals surface area contributed by atoms with Crippen LogP contribution in [0.2, 0.25) is 0 Å². The van der Waals surface area contributed by atoms with Gasteiger partial charge in [-0.25, -0.2) is 0 Å². The average Bonchev–Trinajstić information content (AvgIpc) is 2.26. The molecule has 0 spiro atoms. The Balaban J connectivity index is 2.20. The summed E-state index contributed by atoms with van der Waals surface area (Å²) in [7, 11) is 0. The molecular formula is C12H18N2O. The van der Waals surface area contributed by atoms with Crippen molar-refractivity contribution < 1.29 is 5.11 Å². The number of hydrogen-bond acceptors (Lipinski definition) is 3. The Bertz CT molecular complexity index is 338. The molecule has 3 N–H and O–H groups in total. The molecule has 1 aliphatic heterocycles. The van der Waals surface area contributed by atoms with Gasteiger partial charge in [0, 0.05) is 24.7 Å². The maximum atomic E-state index is 9.48. The third kappa shape index (κ3) is 2.23. The molecule has 1 aliphatic rings. The van der Waals surface area contributed by atoms with Crippen molar-refractivity contribution in [2.75, 3.05) is 25.0 Å². The van der Waals surface area contributed by atoms with E-state index in [0.717, 1.165) is 26.1 Å². The minimum absolute atomic E-state index is 0.360. The third-order valence-corrected chi connectivity index (χ3v) is 2.92. The SMILES string of the molecule is CCNCC1CCNc2ccc(O)cc21. The predicted molar refractivity (Wildman–Crippen MR) is 62.5 cm³/mol. The molecule has 1 unspecified atom stereocenters. The van der Waals surface area contributed by atoms with Crippen LogP contribution in [0.3, 0.4) is 0 Å². The van der Waals surface area contributed by atoms with Crippen LogP contribution in [0.1, 0.15) is 24.8 Å². The van der Waals surface area contributed by atoms with Crippen molar-refractivity contribution in [2.24, 2.45) is 0 Å². The van der Waals surface area contributed by atoms with E-state index in [1.807, 2.05) is 12.1 Å². The third-order valence-electron chi connectivity index (χ3n) is 2.92. The maximum Gasteiger partial charge on any atom is 0.116 e. The fraction of sp³-hybridized carbons (Fsp3) is 0.500. The molecule has 0 radical (unpaired) electrons. The Labute approximate surface area is 90.5 Å². The first kappa shape index (κ1) is 10.3. The summed E-state index contributed by atoms with van der Waals surface area (Å²) in [6, 6.07) is 5.58. The molecular weight excluding hydrogens is 188 g/mol. The van der Waals surface area contributed by atoms with E-state index in [1.54, 1.807) is 6.07 Å². The van der Waals surface area contributed by atoms with Crippen LogP contribution in [-0.4, -0.2) is 24.7 Å². The van der Waals surface area contributed by atoms with Crippen molar-refractivity contribution in [1.29, 1.82) is 0 Å². The Hall–Kier alpha value is -1.22. The Morgan fingerprint density at radius 3 is 3.20 bits per heavy atom. The number of nitrogens with one attached hydrogen (secondary N) is 2. The van der Waals surface area contributed by atoms with Gasteiger partial charge in [0.25, 0.3) is 0 Å². The van der Waals surface area contributed by atoms with Crippen LogP contribution >= 0.6 is 0 Å². The van der Waals surface area contributed by atoms with Gasteiger partial charge in [0.05, 0.1) is 0 Å². The monoisotopic (exact) mass is 206 g/mol. The zero-order valence-electron chi connectivity index (χ0n) is 9.09. The Kier molecular flexibility index (Phi) is 3.11. The van der Waals surface area contributed by atoms with E-state index < -0.39 is 0 Å². The summed E-state index contributed by atoms with van der Waals surface area (Å²) in [5.41, 5.74) is 2.41. The summed E-state index contributed by atoms with van der Waals surface area (Å²) in [5.74, 6) is 0.882. The highest BCUT2D eigenvalue weighted by atomic mass is 16.3. The molecule has 15 heavy (non-hydrogen) atoms. The lowest BCUT2D eigenvalue weighted by atomic mass is 9.91. The molecule has 82 valence electrons. The van der Waals surface area contributed by atoms with E-state index in [1.165, 1.54) is 11.3 Å². The minimum Gasteiger partial charge on any atom is -0.508 e. The van der Waals surface area contributed by atoms with Gasteiger partial charge >= 0.3 is 0 Å². The van der Waals surface area contributed by atoms with E-state index in [0.29, 0.717) is 11.7 Å². The second-order valence-corrected chi connectivity index (χ2v) is 3.99. The van der Waals surface area contributed by atoms with Crippen molar-refractivity contribution in [1.82, 2.24) is 5.32 Å². The first-order chi connectivity index (χ1) is 7.31. The number of phenols is 1. The molecule has 0 bridgehead atoms. The molecule has 0 saturated heterocycles. The van der Waals surface area contributed by atoms with Gasteiger partial charge in [0.15, 0.2) is 0 Å². The fourth-order valence-corrected chi connectivity index (χ4v) is 2.12. The molecule has 1 atom stereocenters. The second-order valence-electron chi connectivity index (χ2n) is 3.99. The van der Waals surface area contributed by atoms with Gasteiger partial charge in [-0.3, -0.25) is 0 Å². The smallest absolute Gasteiger partial charge is 0.116 e. The Morgan fingerprint density at radius 1 is 1.53 bits per heavy atom. The van der Waals surface area contributed by atoms with Crippen molar-refractivity contribution in [3.63, 3.8) is 0 Å². The highest BCUT2D eigenvalue weighted by molar-refractivity contribution is 5.57. The number of phenolic OH excluding ortho intramolecular Hbond substituents is 1. The van der Waals surface area contributed by atoms with Crippen LogP contribution in [-0.2, 0) is 0 Å². The van der Waals surface area contributed by atoms with Crippen LogP contribution < -0.4 is 10.6 Å². The summed E-state index contributed by atoms with van der Waals surface area (Å²) in [6.07, 6.45) is 1.13. The number of fused-ring (bicyclic) bond motifs is 1. The van der Waals surface area contributed by atoms with Crippen LogP contribution in [0.5, 0.6) is 5.75 Å². The lowest BCUT2D eigenvalue weighted by Crippen LogP contribution is -2.26. The first-order valence-corrected chi connectivity index (χ1v) is 5.58. The summed E-state index contributed by atoms with van der Waals surface area (Å²) in [4.78, 5) is 0. The number of benzene rings is 1. The number of aromatic hydroxyl groups is 1. The van der Waals surface area contributed by atoms with Crippen LogP contribution in [0, 0.1) is 0 Å². The van der Waals surface area contributed by atoms with Crippen molar-refractivity contribution >= 4 is 5.69 Å². The standard InChI is InChI=1S/C12H18N2O/c1-2-13-8-9-5-6-14-12-4-3-10(15)7-11(9)12/h3-4,7,9,13-15H,2,5-6,8H2,1H3. The minimum atomic E-state index is 0.360. The lowest BCUT2D eigenvalue weighted by molar-refractivity contribution is 0.472. The van der Waals surface area contributed by atoms with E-state index in [9.17, 15) is 5.11 Å². The van der Waals surface area contributed by atoms with Gasteiger partial charge in [-0.15, -0.1) is 0 Å². The van der Waals surface area contributed by atoms with Gasteiger partial charge in [0.2, 0.25) is 0 Å². The molecule has 0 fully saturated rings. The topological polar surface area (TPSA) is 44.3 Å². The molecule has 0 amide bonds. The van der Waals surface area contributed by atoms with Crippen molar-refractivity contribution in [3.05, 3.63) is 23.8 Å². The van der Waals surface area contributed by atoms with E-state index >= 15 is 0 Å². The molecule has 1 heterocycles. The predicted octanol–water partition coefficient (Wildman–Crippen LogP) is 1.90. The lowest BCUT2D eigenvalue weighted by Gasteiger charge is -2.27. The van der Waals surface area contributed by atoms with E-state index in [2.05, 4.69) is 17.6 Å². The number of likely N-dealkylation sites (N-methyl/N-ethyl adjacent to an activating group) is 1. The van der Waals surface area contributed by atoms with E-state index in [4.69, 9.17) is 0 Å². The molecule has 2 rings (SSSR count). The van der Waals surface area contributed by atoms with Crippen molar-refractivity contribution in [3.8, 4) is 5.75 Å². The molecule has 1 aromatic rings. The summed E-state index contributed by atoms with van der Waals surface area (Å²) < 4.78 is 0. The van der Waals surface area contributed by atoms with Crippen LogP contribution in [0.4, 0.5) is 5.69 Å². The van der Waals surface area contributed by atoms with Crippen LogP contribution in [0.15, 0.2) is 18.2 Å². The molecule has 3 nitrogen and oxygen atoms in total. The number of anilines is 1. The van der Waals surface area contributed by atoms with Gasteiger partial charge in [-0.1, -0.05) is 6.92 Å². The first-order valence-electron chi connectivity index (χ1n) is 5.58. The maximum absolute atomic E-state index is 9.48. The Morgan fingerprint density at radius 2 is 2.40 bits per heavy atom. The zero-order chi connectivity index (χ0) is 10.7. The largest absolute Gasteiger partial charge is 0.508 e. The molecule has 3 heteroatoms. The number of rotatable bonds is 3. The summed E-state index contributed by atoms with van der Waals surface area (Å²) in [5, 5.41) is 16.2. The fourth-order valence-electron chi connectivity index (χ4n) is 2.12. The molecule has 0 saturated carbocycles. The van der Waals surface area contributed by atoms with E-state index in [-0.39, 0.29) is 0 Å². The average molecular weight is 206 g/mol. The van der Waals surface area contributed by atoms with Crippen LogP contribution in [0.25, 0.3) is 0 Å². The number of hydrogen-bond donors (Lipinski definition) is 3. The molecule has 0 aromatic heterocycles. The molecule has 0 aliphatic carbocycles. The second kappa shape index (κ2) is 4.53. The quantitative estimate of drug-likeness (QED) is 0.662. The van der Waals surface area contributed by atoms with Gasteiger partial charge in [-0.2, -0.15) is 0 Å². The highest BCUT2D eigenvalue weighted by Crippen LogP contribution is 2.33. The van der Waals surface area contributed by atoms with Gasteiger partial charge in [-0.05, 0) is 36.7 Å². The zero-order valence-corrected chi connectivity index (χ0v) is 9.09. The van der Waals surface area contributed by atoms with Crippen molar-refractivity contribution in [2.45, 2.75) is 19.3 Å². The van der Waals surface area contributed by atoms with Gasteiger partial charge in [0.1, 0.15) is 5.75 Å².